The lowest BCUT2D eigenvalue weighted by Crippen LogP contribution is -2.39. The summed E-state index contributed by atoms with van der Waals surface area (Å²) in [6.07, 6.45) is 2.61. The minimum absolute atomic E-state index is 0.345. The predicted molar refractivity (Wildman–Crippen MR) is 39.3 cm³/mol. The van der Waals surface area contributed by atoms with E-state index in [1.807, 2.05) is 0 Å². The van der Waals surface area contributed by atoms with Gasteiger partial charge in [0.05, 0.1) is 0 Å². The number of hydrogen-bond acceptors (Lipinski definition) is 2. The number of nitrogens with two attached hydrogens (primary N) is 1. The minimum Gasteiger partial charge on any atom is -0.327 e. The van der Waals surface area contributed by atoms with E-state index < -0.39 is 0 Å². The molecule has 0 amide bonds. The fourth-order valence-corrected chi connectivity index (χ4v) is 1.60. The molecular formula is C7H16N2. The molecule has 0 saturated carbocycles. The van der Waals surface area contributed by atoms with Crippen molar-refractivity contribution in [3.63, 3.8) is 0 Å². The van der Waals surface area contributed by atoms with Crippen LogP contribution < -0.4 is 5.73 Å². The minimum atomic E-state index is 0.345. The van der Waals surface area contributed by atoms with E-state index in [0.717, 1.165) is 0 Å². The molecule has 0 aliphatic carbocycles. The smallest absolute Gasteiger partial charge is 0.0241 e. The Labute approximate surface area is 57.0 Å². The van der Waals surface area contributed by atoms with Crippen LogP contribution in [0.1, 0.15) is 19.8 Å². The highest BCUT2D eigenvalue weighted by molar-refractivity contribution is 4.82. The van der Waals surface area contributed by atoms with Crippen LogP contribution >= 0.6 is 0 Å². The molecule has 9 heavy (non-hydrogen) atoms. The lowest BCUT2D eigenvalue weighted by atomic mass is 10.1. The van der Waals surface area contributed by atoms with E-state index in [9.17, 15) is 0 Å². The topological polar surface area (TPSA) is 29.3 Å². The first-order valence-corrected chi connectivity index (χ1v) is 3.67. The van der Waals surface area contributed by atoms with Crippen molar-refractivity contribution in [2.75, 3.05) is 13.6 Å². The fraction of sp³-hybridized carbons (Fsp3) is 1.00. The molecule has 1 aliphatic rings. The largest absolute Gasteiger partial charge is 0.327 e. The summed E-state index contributed by atoms with van der Waals surface area (Å²) >= 11 is 0. The molecule has 1 aliphatic heterocycles. The second-order valence-corrected chi connectivity index (χ2v) is 3.05. The molecule has 1 unspecified atom stereocenters. The van der Waals surface area contributed by atoms with Gasteiger partial charge in [-0.05, 0) is 33.4 Å². The maximum atomic E-state index is 5.75. The van der Waals surface area contributed by atoms with Crippen LogP contribution in [0.25, 0.3) is 0 Å². The Bertz CT molecular complexity index is 90.9. The summed E-state index contributed by atoms with van der Waals surface area (Å²) in [6, 6.07) is 0.988. The molecule has 1 fully saturated rings. The van der Waals surface area contributed by atoms with E-state index in [1.165, 1.54) is 19.4 Å². The number of likely N-dealkylation sites (N-methyl/N-ethyl adjacent to an activating group) is 1. The van der Waals surface area contributed by atoms with Crippen LogP contribution in [0.15, 0.2) is 0 Å². The Morgan fingerprint density at radius 1 is 1.67 bits per heavy atom. The van der Waals surface area contributed by atoms with E-state index in [2.05, 4.69) is 18.9 Å². The van der Waals surface area contributed by atoms with Crippen molar-refractivity contribution >= 4 is 0 Å². The van der Waals surface area contributed by atoms with E-state index in [-0.39, 0.29) is 0 Å². The zero-order valence-electron chi connectivity index (χ0n) is 6.30. The lowest BCUT2D eigenvalue weighted by molar-refractivity contribution is 0.280. The van der Waals surface area contributed by atoms with Crippen molar-refractivity contribution in [2.45, 2.75) is 31.8 Å². The second kappa shape index (κ2) is 2.67. The molecule has 0 bridgehead atoms. The second-order valence-electron chi connectivity index (χ2n) is 3.05. The molecule has 0 aromatic heterocycles. The summed E-state index contributed by atoms with van der Waals surface area (Å²) in [4.78, 5) is 2.35. The van der Waals surface area contributed by atoms with Crippen molar-refractivity contribution < 1.29 is 0 Å². The van der Waals surface area contributed by atoms with Gasteiger partial charge in [-0.1, -0.05) is 0 Å². The Morgan fingerprint density at radius 2 is 2.33 bits per heavy atom. The Morgan fingerprint density at radius 3 is 2.56 bits per heavy atom. The van der Waals surface area contributed by atoms with Crippen LogP contribution in [-0.4, -0.2) is 30.6 Å². The summed E-state index contributed by atoms with van der Waals surface area (Å²) in [5, 5.41) is 0. The van der Waals surface area contributed by atoms with Crippen molar-refractivity contribution in [1.29, 1.82) is 0 Å². The van der Waals surface area contributed by atoms with Gasteiger partial charge in [-0.3, -0.25) is 0 Å². The van der Waals surface area contributed by atoms with Crippen LogP contribution in [0.4, 0.5) is 0 Å². The predicted octanol–water partition coefficient (Wildman–Crippen LogP) is 0.428. The first-order chi connectivity index (χ1) is 4.22. The standard InChI is InChI=1S/C7H16N2/c1-6(8)7-4-3-5-9(7)2/h6-7H,3-5,8H2,1-2H3/t6-,7?/m1/s1. The first-order valence-electron chi connectivity index (χ1n) is 3.67. The molecule has 1 heterocycles. The highest BCUT2D eigenvalue weighted by Crippen LogP contribution is 2.16. The van der Waals surface area contributed by atoms with Gasteiger partial charge >= 0.3 is 0 Å². The van der Waals surface area contributed by atoms with Gasteiger partial charge < -0.3 is 10.6 Å². The molecule has 1 saturated heterocycles. The van der Waals surface area contributed by atoms with Crippen LogP contribution in [0, 0.1) is 0 Å². The van der Waals surface area contributed by atoms with Crippen LogP contribution in [-0.2, 0) is 0 Å². The number of rotatable bonds is 1. The van der Waals surface area contributed by atoms with Gasteiger partial charge in [0.2, 0.25) is 0 Å². The van der Waals surface area contributed by atoms with Crippen molar-refractivity contribution in [3.8, 4) is 0 Å². The van der Waals surface area contributed by atoms with Crippen LogP contribution in [0.5, 0.6) is 0 Å². The van der Waals surface area contributed by atoms with Crippen molar-refractivity contribution in [3.05, 3.63) is 0 Å². The summed E-state index contributed by atoms with van der Waals surface area (Å²) in [6.45, 7) is 3.32. The summed E-state index contributed by atoms with van der Waals surface area (Å²) in [5.41, 5.74) is 5.75. The molecule has 2 nitrogen and oxygen atoms in total. The van der Waals surface area contributed by atoms with Gasteiger partial charge in [-0.25, -0.2) is 0 Å². The quantitative estimate of drug-likeness (QED) is 0.555. The Hall–Kier alpha value is -0.0800. The molecule has 0 radical (unpaired) electrons. The van der Waals surface area contributed by atoms with Gasteiger partial charge in [0.15, 0.2) is 0 Å². The Balaban J connectivity index is 2.40. The molecule has 0 spiro atoms. The maximum absolute atomic E-state index is 5.75. The molecule has 1 rings (SSSR count). The molecule has 0 aromatic carbocycles. The lowest BCUT2D eigenvalue weighted by Gasteiger charge is -2.22. The zero-order chi connectivity index (χ0) is 6.85. The zero-order valence-corrected chi connectivity index (χ0v) is 6.30. The van der Waals surface area contributed by atoms with Gasteiger partial charge in [0.25, 0.3) is 0 Å². The average Bonchev–Trinajstić information content (AvgIpc) is 2.13. The molecular weight excluding hydrogens is 112 g/mol. The molecule has 54 valence electrons. The maximum Gasteiger partial charge on any atom is 0.0241 e. The number of nitrogens with zero attached hydrogens (tertiary/aromatic N) is 1. The summed E-state index contributed by atoms with van der Waals surface area (Å²) in [7, 11) is 2.15. The number of likely N-dealkylation sites (tertiary alicyclic amines) is 1. The molecule has 2 atom stereocenters. The molecule has 2 N–H and O–H groups in total. The molecule has 0 aromatic rings. The fourth-order valence-electron chi connectivity index (χ4n) is 1.60. The van der Waals surface area contributed by atoms with E-state index in [1.54, 1.807) is 0 Å². The summed E-state index contributed by atoms with van der Waals surface area (Å²) < 4.78 is 0. The van der Waals surface area contributed by atoms with Gasteiger partial charge in [0, 0.05) is 12.1 Å². The van der Waals surface area contributed by atoms with Crippen molar-refractivity contribution in [2.24, 2.45) is 5.73 Å². The van der Waals surface area contributed by atoms with Gasteiger partial charge in [-0.2, -0.15) is 0 Å². The van der Waals surface area contributed by atoms with Gasteiger partial charge in [0.1, 0.15) is 0 Å². The normalized spacial score (nSPS) is 33.0. The monoisotopic (exact) mass is 128 g/mol. The highest BCUT2D eigenvalue weighted by atomic mass is 15.2. The van der Waals surface area contributed by atoms with E-state index in [4.69, 9.17) is 5.73 Å². The third kappa shape index (κ3) is 1.43. The van der Waals surface area contributed by atoms with Crippen molar-refractivity contribution in [1.82, 2.24) is 4.90 Å². The van der Waals surface area contributed by atoms with E-state index in [0.29, 0.717) is 12.1 Å². The Kier molecular flexibility index (Phi) is 2.09. The third-order valence-corrected chi connectivity index (χ3v) is 2.18. The van der Waals surface area contributed by atoms with Crippen LogP contribution in [0.3, 0.4) is 0 Å². The molecule has 2 heteroatoms. The SMILES string of the molecule is C[C@@H](N)C1CCCN1C. The first kappa shape index (κ1) is 7.03. The van der Waals surface area contributed by atoms with Gasteiger partial charge in [-0.15, -0.1) is 0 Å². The average molecular weight is 128 g/mol. The highest BCUT2D eigenvalue weighted by Gasteiger charge is 2.23. The van der Waals surface area contributed by atoms with E-state index >= 15 is 0 Å². The third-order valence-electron chi connectivity index (χ3n) is 2.18. The number of hydrogen-bond donors (Lipinski definition) is 1. The summed E-state index contributed by atoms with van der Waals surface area (Å²) in [5.74, 6) is 0. The van der Waals surface area contributed by atoms with Crippen LogP contribution in [0.2, 0.25) is 0 Å².